The first-order valence-corrected chi connectivity index (χ1v) is 13.4. The van der Waals surface area contributed by atoms with Gasteiger partial charge >= 0.3 is 0 Å². The van der Waals surface area contributed by atoms with Gasteiger partial charge in [0.1, 0.15) is 0 Å². The Kier molecular flexibility index (Phi) is 4.01. The molecule has 0 spiro atoms. The van der Waals surface area contributed by atoms with E-state index >= 15 is 0 Å². The predicted octanol–water partition coefficient (Wildman–Crippen LogP) is 7.20. The first kappa shape index (κ1) is 16.6. The number of hydrogen-bond acceptors (Lipinski definition) is 1. The van der Waals surface area contributed by atoms with Crippen LogP contribution in [0.3, 0.4) is 0 Å². The van der Waals surface area contributed by atoms with Crippen LogP contribution in [0.25, 0.3) is 42.4 Å². The van der Waals surface area contributed by atoms with Gasteiger partial charge in [-0.15, -0.1) is 17.3 Å². The van der Waals surface area contributed by atoms with Gasteiger partial charge in [0.25, 0.3) is 0 Å². The van der Waals surface area contributed by atoms with Crippen molar-refractivity contribution in [1.82, 2.24) is 0 Å². The second kappa shape index (κ2) is 6.53. The second-order valence-electron chi connectivity index (χ2n) is 7.59. The van der Waals surface area contributed by atoms with Gasteiger partial charge in [0.05, 0.1) is 0 Å². The lowest BCUT2D eigenvalue weighted by molar-refractivity contribution is 1.67. The molecule has 1 heterocycles. The molecule has 0 bridgehead atoms. The molecule has 27 heavy (non-hydrogen) atoms. The Balaban J connectivity index is 1.71. The van der Waals surface area contributed by atoms with Crippen molar-refractivity contribution in [3.05, 3.63) is 71.6 Å². The lowest BCUT2D eigenvalue weighted by atomic mass is 9.96. The molecule has 0 N–H and O–H groups in total. The van der Waals surface area contributed by atoms with Crippen LogP contribution in [0.5, 0.6) is 0 Å². The Morgan fingerprint density at radius 3 is 2.44 bits per heavy atom. The summed E-state index contributed by atoms with van der Waals surface area (Å²) in [5.74, 6) is 6.70. The van der Waals surface area contributed by atoms with E-state index in [1.807, 2.05) is 11.3 Å². The zero-order valence-corrected chi connectivity index (χ0v) is 17.5. The summed E-state index contributed by atoms with van der Waals surface area (Å²) in [6, 6.07) is 23.6. The minimum Gasteiger partial charge on any atom is -0.144 e. The average molecular weight is 381 g/mol. The van der Waals surface area contributed by atoms with Gasteiger partial charge in [-0.3, -0.25) is 0 Å². The number of benzene rings is 4. The van der Waals surface area contributed by atoms with Crippen molar-refractivity contribution in [3.8, 4) is 11.8 Å². The van der Waals surface area contributed by atoms with E-state index in [9.17, 15) is 0 Å². The lowest BCUT2D eigenvalue weighted by Crippen LogP contribution is -1.95. The van der Waals surface area contributed by atoms with Gasteiger partial charge in [-0.05, 0) is 74.1 Å². The summed E-state index contributed by atoms with van der Waals surface area (Å²) in [6.45, 7) is 4.69. The number of hydrogen-bond donors (Lipinski definition) is 0. The maximum Gasteiger partial charge on any atom is 0.0443 e. The summed E-state index contributed by atoms with van der Waals surface area (Å²) in [4.78, 5) is 0. The van der Waals surface area contributed by atoms with Gasteiger partial charge in [-0.1, -0.05) is 43.3 Å². The quantitative estimate of drug-likeness (QED) is 0.125. The molecule has 0 atom stereocenters. The fraction of sp³-hybridized carbons (Fsp3) is 0.120. The second-order valence-corrected chi connectivity index (χ2v) is 11.7. The summed E-state index contributed by atoms with van der Waals surface area (Å²) in [5, 5.41) is 11.4. The van der Waals surface area contributed by atoms with Crippen molar-refractivity contribution in [2.45, 2.75) is 19.1 Å². The zero-order valence-electron chi connectivity index (χ0n) is 15.5. The Morgan fingerprint density at radius 1 is 0.741 bits per heavy atom. The van der Waals surface area contributed by atoms with Crippen LogP contribution < -0.4 is 0 Å². The van der Waals surface area contributed by atoms with E-state index in [-0.39, 0.29) is 0 Å². The monoisotopic (exact) mass is 380 g/mol. The topological polar surface area (TPSA) is 0 Å². The van der Waals surface area contributed by atoms with Crippen molar-refractivity contribution in [2.75, 3.05) is 0 Å². The average Bonchev–Trinajstić information content (AvgIpc) is 3.15. The van der Waals surface area contributed by atoms with E-state index in [1.54, 1.807) is 0 Å². The first-order chi connectivity index (χ1) is 13.2. The third kappa shape index (κ3) is 2.94. The van der Waals surface area contributed by atoms with Gasteiger partial charge < -0.3 is 0 Å². The van der Waals surface area contributed by atoms with Crippen LogP contribution >= 0.6 is 11.3 Å². The van der Waals surface area contributed by atoms with E-state index in [1.165, 1.54) is 42.4 Å². The largest absolute Gasteiger partial charge is 0.144 e. The zero-order chi connectivity index (χ0) is 18.4. The highest BCUT2D eigenvalue weighted by Crippen LogP contribution is 2.35. The maximum atomic E-state index is 3.35. The van der Waals surface area contributed by atoms with Crippen LogP contribution in [0.4, 0.5) is 0 Å². The molecule has 0 aliphatic rings. The van der Waals surface area contributed by atoms with Crippen LogP contribution in [0.1, 0.15) is 5.56 Å². The number of thiophene rings is 1. The highest BCUT2D eigenvalue weighted by molar-refractivity contribution is 7.17. The molecular formula is C25H20SSi. The highest BCUT2D eigenvalue weighted by atomic mass is 32.1. The smallest absolute Gasteiger partial charge is 0.0443 e. The van der Waals surface area contributed by atoms with Crippen LogP contribution in [-0.2, 0) is 0 Å². The van der Waals surface area contributed by atoms with E-state index in [2.05, 4.69) is 91.0 Å². The van der Waals surface area contributed by atoms with Crippen LogP contribution in [0, 0.1) is 11.8 Å². The van der Waals surface area contributed by atoms with Gasteiger partial charge in [-0.25, -0.2) is 0 Å². The van der Waals surface area contributed by atoms with E-state index in [0.717, 1.165) is 11.6 Å². The fourth-order valence-electron chi connectivity index (χ4n) is 3.78. The molecule has 0 saturated carbocycles. The minimum absolute atomic E-state index is 0.605. The number of fused-ring (bicyclic) bond motifs is 6. The van der Waals surface area contributed by atoms with E-state index in [0.29, 0.717) is 0 Å². The minimum atomic E-state index is -0.605. The molecule has 0 amide bonds. The van der Waals surface area contributed by atoms with Gasteiger partial charge in [0.2, 0.25) is 0 Å². The molecule has 5 rings (SSSR count). The van der Waals surface area contributed by atoms with Crippen molar-refractivity contribution < 1.29 is 0 Å². The molecule has 1 aromatic heterocycles. The Morgan fingerprint density at radius 2 is 1.56 bits per heavy atom. The van der Waals surface area contributed by atoms with E-state index in [4.69, 9.17) is 0 Å². The Hall–Kier alpha value is -2.60. The third-order valence-electron chi connectivity index (χ3n) is 5.15. The molecule has 5 aromatic rings. The summed E-state index contributed by atoms with van der Waals surface area (Å²) in [5.41, 5.74) is 1.12. The standard InChI is InChI=1S/C25H20SSi/c1-27(2)13-3-4-17-5-6-18-16-24-19(15-20(18)14-17)7-8-21-22(24)9-10-25-23(21)11-12-26-25/h5-12,14-16,27H,13H2,1-2H3. The maximum absolute atomic E-state index is 3.35. The third-order valence-corrected chi connectivity index (χ3v) is 7.05. The SMILES string of the molecule is C[SiH](C)CC#Cc1ccc2cc3c(ccc4c5ccsc5ccc34)cc2c1. The molecule has 0 unspecified atom stereocenters. The number of rotatable bonds is 1. The molecule has 4 aromatic carbocycles. The predicted molar refractivity (Wildman–Crippen MR) is 125 cm³/mol. The van der Waals surface area contributed by atoms with Gasteiger partial charge in [0, 0.05) is 30.5 Å². The van der Waals surface area contributed by atoms with Crippen molar-refractivity contribution in [3.63, 3.8) is 0 Å². The van der Waals surface area contributed by atoms with Crippen molar-refractivity contribution in [1.29, 1.82) is 0 Å². The van der Waals surface area contributed by atoms with Gasteiger partial charge in [0.15, 0.2) is 0 Å². The summed E-state index contributed by atoms with van der Waals surface area (Å²) in [6.07, 6.45) is 0. The highest BCUT2D eigenvalue weighted by Gasteiger charge is 2.07. The first-order valence-electron chi connectivity index (χ1n) is 9.44. The van der Waals surface area contributed by atoms with Crippen LogP contribution in [0.2, 0.25) is 19.1 Å². The van der Waals surface area contributed by atoms with Gasteiger partial charge in [-0.2, -0.15) is 0 Å². The van der Waals surface area contributed by atoms with E-state index < -0.39 is 8.80 Å². The lowest BCUT2D eigenvalue weighted by Gasteiger charge is -2.08. The summed E-state index contributed by atoms with van der Waals surface area (Å²) >= 11 is 1.81. The van der Waals surface area contributed by atoms with Crippen LogP contribution in [0.15, 0.2) is 66.0 Å². The molecule has 0 aliphatic heterocycles. The molecule has 0 radical (unpaired) electrons. The molecule has 0 nitrogen and oxygen atoms in total. The Bertz CT molecular complexity index is 1380. The fourth-order valence-corrected chi connectivity index (χ4v) is 5.09. The van der Waals surface area contributed by atoms with Crippen LogP contribution in [-0.4, -0.2) is 8.80 Å². The summed E-state index contributed by atoms with van der Waals surface area (Å²) in [7, 11) is -0.605. The Labute approximate surface area is 165 Å². The molecule has 130 valence electrons. The molecular weight excluding hydrogens is 360 g/mol. The molecule has 2 heteroatoms. The van der Waals surface area contributed by atoms with Crippen molar-refractivity contribution in [2.24, 2.45) is 0 Å². The molecule has 0 aliphatic carbocycles. The normalized spacial score (nSPS) is 11.5. The van der Waals surface area contributed by atoms with Crippen molar-refractivity contribution >= 4 is 62.5 Å². The molecule has 0 fully saturated rings. The summed E-state index contributed by atoms with van der Waals surface area (Å²) < 4.78 is 1.36. The molecule has 0 saturated heterocycles.